The van der Waals surface area contributed by atoms with Crippen molar-refractivity contribution in [2.45, 2.75) is 26.3 Å². The largest absolute Gasteiger partial charge is 0.497 e. The van der Waals surface area contributed by atoms with Gasteiger partial charge in [0, 0.05) is 24.1 Å². The van der Waals surface area contributed by atoms with Crippen LogP contribution in [0.5, 0.6) is 11.5 Å². The van der Waals surface area contributed by atoms with Crippen molar-refractivity contribution >= 4 is 11.8 Å². The Labute approximate surface area is 159 Å². The Hall–Kier alpha value is -3.02. The number of carbonyl (C=O) groups excluding carboxylic acids is 2. The molecule has 2 aromatic rings. The normalized spacial score (nSPS) is 11.4. The summed E-state index contributed by atoms with van der Waals surface area (Å²) in [5.41, 5.74) is 2.43. The summed E-state index contributed by atoms with van der Waals surface area (Å²) >= 11 is 0. The van der Waals surface area contributed by atoms with Crippen molar-refractivity contribution in [1.29, 1.82) is 0 Å². The first-order valence-corrected chi connectivity index (χ1v) is 8.80. The quantitative estimate of drug-likeness (QED) is 0.749. The van der Waals surface area contributed by atoms with Crippen molar-refractivity contribution in [3.8, 4) is 11.5 Å². The first-order valence-electron chi connectivity index (χ1n) is 8.80. The molecule has 27 heavy (non-hydrogen) atoms. The number of hydrogen-bond acceptors (Lipinski definition) is 4. The first kappa shape index (κ1) is 20.3. The average molecular weight is 370 g/mol. The van der Waals surface area contributed by atoms with Crippen molar-refractivity contribution in [3.05, 3.63) is 59.2 Å². The average Bonchev–Trinajstić information content (AvgIpc) is 2.67. The first-order chi connectivity index (χ1) is 12.9. The summed E-state index contributed by atoms with van der Waals surface area (Å²) in [5, 5.41) is 5.69. The third-order valence-corrected chi connectivity index (χ3v) is 4.20. The van der Waals surface area contributed by atoms with E-state index in [0.29, 0.717) is 17.1 Å². The highest BCUT2D eigenvalue weighted by Gasteiger charge is 2.15. The maximum Gasteiger partial charge on any atom is 0.251 e. The molecule has 0 fully saturated rings. The fourth-order valence-electron chi connectivity index (χ4n) is 2.75. The summed E-state index contributed by atoms with van der Waals surface area (Å²) in [6.45, 7) is 4.07. The highest BCUT2D eigenvalue weighted by molar-refractivity contribution is 5.94. The van der Waals surface area contributed by atoms with Crippen LogP contribution in [0.2, 0.25) is 0 Å². The fraction of sp³-hybridized carbons (Fsp3) is 0.333. The smallest absolute Gasteiger partial charge is 0.251 e. The molecule has 2 amide bonds. The Morgan fingerprint density at radius 2 is 1.85 bits per heavy atom. The SMILES string of the molecule is COc1ccc(OC)c([C@@H](C)NC(=O)CCNC(=O)c2cccc(C)c2)c1. The zero-order valence-corrected chi connectivity index (χ0v) is 16.2. The number of benzene rings is 2. The molecule has 144 valence electrons. The van der Waals surface area contributed by atoms with Gasteiger partial charge in [-0.05, 0) is 44.2 Å². The van der Waals surface area contributed by atoms with Crippen molar-refractivity contribution < 1.29 is 19.1 Å². The predicted molar refractivity (Wildman–Crippen MR) is 104 cm³/mol. The van der Waals surface area contributed by atoms with Gasteiger partial charge in [0.25, 0.3) is 5.91 Å². The van der Waals surface area contributed by atoms with Gasteiger partial charge in [-0.3, -0.25) is 9.59 Å². The maximum atomic E-state index is 12.2. The van der Waals surface area contributed by atoms with Crippen LogP contribution in [0.3, 0.4) is 0 Å². The molecule has 2 aromatic carbocycles. The van der Waals surface area contributed by atoms with E-state index in [-0.39, 0.29) is 30.8 Å². The summed E-state index contributed by atoms with van der Waals surface area (Å²) in [6, 6.07) is 12.5. The minimum atomic E-state index is -0.255. The molecule has 0 aliphatic heterocycles. The van der Waals surface area contributed by atoms with Crippen LogP contribution >= 0.6 is 0 Å². The Kier molecular flexibility index (Phi) is 7.23. The van der Waals surface area contributed by atoms with Crippen LogP contribution in [0, 0.1) is 6.92 Å². The van der Waals surface area contributed by atoms with Gasteiger partial charge in [-0.15, -0.1) is 0 Å². The minimum Gasteiger partial charge on any atom is -0.497 e. The fourth-order valence-corrected chi connectivity index (χ4v) is 2.75. The number of nitrogens with one attached hydrogen (secondary N) is 2. The van der Waals surface area contributed by atoms with Crippen LogP contribution in [0.25, 0.3) is 0 Å². The monoisotopic (exact) mass is 370 g/mol. The Morgan fingerprint density at radius 1 is 1.07 bits per heavy atom. The number of hydrogen-bond donors (Lipinski definition) is 2. The standard InChI is InChI=1S/C21H26N2O4/c1-14-6-5-7-16(12-14)21(25)22-11-10-20(24)23-15(2)18-13-17(26-3)8-9-19(18)27-4/h5-9,12-13,15H,10-11H2,1-4H3,(H,22,25)(H,23,24)/t15-/m1/s1. The van der Waals surface area contributed by atoms with E-state index in [0.717, 1.165) is 11.1 Å². The molecule has 0 saturated carbocycles. The molecule has 0 aromatic heterocycles. The van der Waals surface area contributed by atoms with Crippen molar-refractivity contribution in [2.24, 2.45) is 0 Å². The van der Waals surface area contributed by atoms with Gasteiger partial charge in [0.05, 0.1) is 20.3 Å². The second-order valence-corrected chi connectivity index (χ2v) is 6.27. The molecule has 0 heterocycles. The van der Waals surface area contributed by atoms with Gasteiger partial charge in [0.2, 0.25) is 5.91 Å². The molecular weight excluding hydrogens is 344 g/mol. The Morgan fingerprint density at radius 3 is 2.52 bits per heavy atom. The second kappa shape index (κ2) is 9.62. The third kappa shape index (κ3) is 5.74. The second-order valence-electron chi connectivity index (χ2n) is 6.27. The van der Waals surface area contributed by atoms with Gasteiger partial charge in [-0.2, -0.15) is 0 Å². The molecule has 0 aliphatic carbocycles. The molecule has 0 spiro atoms. The predicted octanol–water partition coefficient (Wildman–Crippen LogP) is 3.01. The van der Waals surface area contributed by atoms with E-state index >= 15 is 0 Å². The van der Waals surface area contributed by atoms with E-state index in [9.17, 15) is 9.59 Å². The van der Waals surface area contributed by atoms with Crippen molar-refractivity contribution in [1.82, 2.24) is 10.6 Å². The van der Waals surface area contributed by atoms with Gasteiger partial charge in [-0.1, -0.05) is 17.7 Å². The summed E-state index contributed by atoms with van der Waals surface area (Å²) in [6.07, 6.45) is 0.189. The highest BCUT2D eigenvalue weighted by atomic mass is 16.5. The molecule has 0 unspecified atom stereocenters. The van der Waals surface area contributed by atoms with Crippen LogP contribution in [-0.2, 0) is 4.79 Å². The Bertz CT molecular complexity index is 805. The molecular formula is C21H26N2O4. The van der Waals surface area contributed by atoms with E-state index in [2.05, 4.69) is 10.6 Å². The van der Waals surface area contributed by atoms with Gasteiger partial charge in [0.1, 0.15) is 11.5 Å². The summed E-state index contributed by atoms with van der Waals surface area (Å²) in [5.74, 6) is 1.03. The molecule has 6 heteroatoms. The van der Waals surface area contributed by atoms with E-state index in [1.54, 1.807) is 32.4 Å². The topological polar surface area (TPSA) is 76.7 Å². The number of aryl methyl sites for hydroxylation is 1. The summed E-state index contributed by atoms with van der Waals surface area (Å²) in [4.78, 5) is 24.3. The van der Waals surface area contributed by atoms with E-state index in [1.807, 2.05) is 38.1 Å². The molecule has 0 aliphatic rings. The van der Waals surface area contributed by atoms with Crippen molar-refractivity contribution in [2.75, 3.05) is 20.8 Å². The minimum absolute atomic E-state index is 0.156. The lowest BCUT2D eigenvalue weighted by Crippen LogP contribution is -2.32. The number of amides is 2. The number of ether oxygens (including phenoxy) is 2. The Balaban J connectivity index is 1.87. The van der Waals surface area contributed by atoms with Gasteiger partial charge >= 0.3 is 0 Å². The lowest BCUT2D eigenvalue weighted by Gasteiger charge is -2.18. The molecule has 6 nitrogen and oxygen atoms in total. The van der Waals surface area contributed by atoms with Crippen LogP contribution in [0.4, 0.5) is 0 Å². The van der Waals surface area contributed by atoms with E-state index in [1.165, 1.54) is 0 Å². The molecule has 0 saturated heterocycles. The molecule has 0 bridgehead atoms. The maximum absolute atomic E-state index is 12.2. The van der Waals surface area contributed by atoms with E-state index in [4.69, 9.17) is 9.47 Å². The summed E-state index contributed by atoms with van der Waals surface area (Å²) < 4.78 is 10.6. The number of carbonyl (C=O) groups is 2. The zero-order valence-electron chi connectivity index (χ0n) is 16.2. The van der Waals surface area contributed by atoms with Crippen molar-refractivity contribution in [3.63, 3.8) is 0 Å². The van der Waals surface area contributed by atoms with Gasteiger partial charge in [0.15, 0.2) is 0 Å². The molecule has 1 atom stereocenters. The molecule has 2 N–H and O–H groups in total. The zero-order chi connectivity index (χ0) is 19.8. The number of methoxy groups -OCH3 is 2. The van der Waals surface area contributed by atoms with Gasteiger partial charge in [-0.25, -0.2) is 0 Å². The van der Waals surface area contributed by atoms with Crippen LogP contribution in [-0.4, -0.2) is 32.6 Å². The highest BCUT2D eigenvalue weighted by Crippen LogP contribution is 2.29. The number of rotatable bonds is 8. The third-order valence-electron chi connectivity index (χ3n) is 4.20. The van der Waals surface area contributed by atoms with E-state index < -0.39 is 0 Å². The van der Waals surface area contributed by atoms with Crippen LogP contribution < -0.4 is 20.1 Å². The van der Waals surface area contributed by atoms with Gasteiger partial charge < -0.3 is 20.1 Å². The van der Waals surface area contributed by atoms with Crippen LogP contribution in [0.15, 0.2) is 42.5 Å². The lowest BCUT2D eigenvalue weighted by atomic mass is 10.1. The summed E-state index contributed by atoms with van der Waals surface area (Å²) in [7, 11) is 3.17. The molecule has 0 radical (unpaired) electrons. The van der Waals surface area contributed by atoms with Crippen LogP contribution in [0.1, 0.15) is 40.9 Å². The molecule has 2 rings (SSSR count). The lowest BCUT2D eigenvalue weighted by molar-refractivity contribution is -0.121.